The average molecular weight is 454 g/mol. The van der Waals surface area contributed by atoms with Crippen LogP contribution in [0, 0.1) is 0 Å². The number of aromatic amines is 1. The molecule has 2 atom stereocenters. The molecule has 2 aliphatic heterocycles. The zero-order chi connectivity index (χ0) is 22.9. The van der Waals surface area contributed by atoms with Crippen molar-refractivity contribution in [2.24, 2.45) is 5.73 Å². The van der Waals surface area contributed by atoms with Gasteiger partial charge < -0.3 is 29.7 Å². The van der Waals surface area contributed by atoms with Crippen LogP contribution in [-0.2, 0) is 20.4 Å². The van der Waals surface area contributed by atoms with Crippen molar-refractivity contribution < 1.29 is 36.9 Å². The normalized spacial score (nSPS) is 23.4. The number of halogens is 3. The highest BCUT2D eigenvalue weighted by atomic mass is 19.4. The average Bonchev–Trinajstić information content (AvgIpc) is 3.19. The predicted octanol–water partition coefficient (Wildman–Crippen LogP) is 2.11. The summed E-state index contributed by atoms with van der Waals surface area (Å²) < 4.78 is 63.1. The largest absolute Gasteiger partial charge is 0.491 e. The molecule has 0 saturated carbocycles. The smallest absolute Gasteiger partial charge is 0.431 e. The Hall–Kier alpha value is -2.89. The SMILES string of the molecule is NC(=O)c1cc(-c2ccc(OC[C@@H]3COC[C@]4(CCOC4)O3)cc2)c(C(F)(F)F)[nH]c1=O. The molecule has 4 rings (SSSR count). The molecule has 2 aromatic rings. The molecular weight excluding hydrogens is 433 g/mol. The van der Waals surface area contributed by atoms with Gasteiger partial charge in [-0.1, -0.05) is 12.1 Å². The van der Waals surface area contributed by atoms with Crippen molar-refractivity contribution in [3.8, 4) is 16.9 Å². The fourth-order valence-corrected chi connectivity index (χ4v) is 3.76. The number of ether oxygens (including phenoxy) is 4. The van der Waals surface area contributed by atoms with Gasteiger partial charge in [-0.15, -0.1) is 0 Å². The highest BCUT2D eigenvalue weighted by Gasteiger charge is 2.42. The van der Waals surface area contributed by atoms with Gasteiger partial charge in [-0.2, -0.15) is 13.2 Å². The highest BCUT2D eigenvalue weighted by Crippen LogP contribution is 2.36. The van der Waals surface area contributed by atoms with Crippen molar-refractivity contribution in [3.05, 3.63) is 51.9 Å². The lowest BCUT2D eigenvalue weighted by molar-refractivity contribution is -0.203. The summed E-state index contributed by atoms with van der Waals surface area (Å²) in [4.78, 5) is 24.9. The lowest BCUT2D eigenvalue weighted by atomic mass is 10.0. The van der Waals surface area contributed by atoms with Crippen LogP contribution in [0.2, 0.25) is 0 Å². The molecule has 0 bridgehead atoms. The molecule has 11 heteroatoms. The number of nitrogens with one attached hydrogen (secondary N) is 1. The van der Waals surface area contributed by atoms with E-state index in [4.69, 9.17) is 24.7 Å². The maximum absolute atomic E-state index is 13.4. The van der Waals surface area contributed by atoms with Crippen LogP contribution in [0.15, 0.2) is 35.1 Å². The zero-order valence-corrected chi connectivity index (χ0v) is 16.9. The van der Waals surface area contributed by atoms with E-state index in [-0.39, 0.29) is 23.8 Å². The Bertz CT molecular complexity index is 1040. The lowest BCUT2D eigenvalue weighted by Crippen LogP contribution is -2.49. The number of hydrogen-bond donors (Lipinski definition) is 2. The van der Waals surface area contributed by atoms with Crippen molar-refractivity contribution in [1.82, 2.24) is 4.98 Å². The van der Waals surface area contributed by atoms with Crippen LogP contribution in [0.1, 0.15) is 22.5 Å². The molecule has 0 aliphatic carbocycles. The number of hydrogen-bond acceptors (Lipinski definition) is 6. The van der Waals surface area contributed by atoms with E-state index in [0.717, 1.165) is 12.5 Å². The number of alkyl halides is 3. The minimum Gasteiger partial charge on any atom is -0.491 e. The van der Waals surface area contributed by atoms with E-state index in [2.05, 4.69) is 0 Å². The van der Waals surface area contributed by atoms with Crippen molar-refractivity contribution >= 4 is 5.91 Å². The molecule has 2 fully saturated rings. The molecule has 0 radical (unpaired) electrons. The molecule has 3 heterocycles. The first-order valence-corrected chi connectivity index (χ1v) is 9.88. The number of benzene rings is 1. The maximum Gasteiger partial charge on any atom is 0.431 e. The molecule has 1 spiro atoms. The minimum atomic E-state index is -4.84. The van der Waals surface area contributed by atoms with Gasteiger partial charge in [0.2, 0.25) is 0 Å². The molecule has 8 nitrogen and oxygen atoms in total. The third-order valence-electron chi connectivity index (χ3n) is 5.34. The van der Waals surface area contributed by atoms with Crippen LogP contribution >= 0.6 is 0 Å². The fraction of sp³-hybridized carbons (Fsp3) is 0.429. The number of carbonyl (C=O) groups excluding carboxylic acids is 1. The van der Waals surface area contributed by atoms with E-state index >= 15 is 0 Å². The number of primary amides is 1. The van der Waals surface area contributed by atoms with Gasteiger partial charge in [0.25, 0.3) is 11.5 Å². The van der Waals surface area contributed by atoms with E-state index in [1.54, 1.807) is 4.98 Å². The Kier molecular flexibility index (Phi) is 5.97. The van der Waals surface area contributed by atoms with Crippen LogP contribution in [0.3, 0.4) is 0 Å². The molecule has 1 amide bonds. The van der Waals surface area contributed by atoms with Crippen molar-refractivity contribution in [1.29, 1.82) is 0 Å². The van der Waals surface area contributed by atoms with E-state index in [1.807, 2.05) is 0 Å². The molecule has 2 aliphatic rings. The molecule has 1 aromatic heterocycles. The number of carbonyl (C=O) groups is 1. The van der Waals surface area contributed by atoms with Crippen molar-refractivity contribution in [2.45, 2.75) is 24.3 Å². The first kappa shape index (κ1) is 22.3. The Morgan fingerprint density at radius 1 is 1.22 bits per heavy atom. The monoisotopic (exact) mass is 454 g/mol. The van der Waals surface area contributed by atoms with Gasteiger partial charge in [0.15, 0.2) is 0 Å². The number of pyridine rings is 1. The second-order valence-electron chi connectivity index (χ2n) is 7.74. The Labute approximate surface area is 180 Å². The van der Waals surface area contributed by atoms with Gasteiger partial charge in [-0.3, -0.25) is 9.59 Å². The summed E-state index contributed by atoms with van der Waals surface area (Å²) in [5, 5.41) is 0. The van der Waals surface area contributed by atoms with E-state index in [9.17, 15) is 22.8 Å². The number of nitrogens with two attached hydrogens (primary N) is 1. The summed E-state index contributed by atoms with van der Waals surface area (Å²) >= 11 is 0. The molecule has 0 unspecified atom stereocenters. The number of H-pyrrole nitrogens is 1. The minimum absolute atomic E-state index is 0.128. The van der Waals surface area contributed by atoms with E-state index < -0.39 is 34.5 Å². The maximum atomic E-state index is 13.4. The summed E-state index contributed by atoms with van der Waals surface area (Å²) in [6.45, 7) is 2.10. The van der Waals surface area contributed by atoms with Gasteiger partial charge in [-0.05, 0) is 23.8 Å². The van der Waals surface area contributed by atoms with E-state index in [1.165, 1.54) is 24.3 Å². The van der Waals surface area contributed by atoms with Crippen LogP contribution in [0.5, 0.6) is 5.75 Å². The van der Waals surface area contributed by atoms with Crippen LogP contribution < -0.4 is 16.0 Å². The summed E-state index contributed by atoms with van der Waals surface area (Å²) in [6, 6.07) is 6.61. The first-order valence-electron chi connectivity index (χ1n) is 9.88. The molecule has 32 heavy (non-hydrogen) atoms. The lowest BCUT2D eigenvalue weighted by Gasteiger charge is -2.37. The quantitative estimate of drug-likeness (QED) is 0.716. The summed E-state index contributed by atoms with van der Waals surface area (Å²) in [7, 11) is 0. The Balaban J connectivity index is 1.51. The molecule has 3 N–H and O–H groups in total. The van der Waals surface area contributed by atoms with E-state index in [0.29, 0.717) is 32.2 Å². The van der Waals surface area contributed by atoms with Crippen molar-refractivity contribution in [2.75, 3.05) is 33.0 Å². The van der Waals surface area contributed by atoms with Crippen molar-refractivity contribution in [3.63, 3.8) is 0 Å². The van der Waals surface area contributed by atoms with Gasteiger partial charge in [0.05, 0.1) is 19.8 Å². The van der Waals surface area contributed by atoms with Gasteiger partial charge >= 0.3 is 6.18 Å². The number of rotatable bonds is 5. The molecule has 2 saturated heterocycles. The topological polar surface area (TPSA) is 113 Å². The first-order chi connectivity index (χ1) is 15.2. The Morgan fingerprint density at radius 3 is 2.56 bits per heavy atom. The molecule has 1 aromatic carbocycles. The number of aromatic nitrogens is 1. The standard InChI is InChI=1S/C21H21F3N2O6/c22-21(23,24)17-15(7-16(18(25)27)19(28)26-17)12-1-3-13(4-2-12)31-9-14-8-30-11-20(32-14)5-6-29-10-20/h1-4,7,14H,5-6,8-11H2,(H2,25,27)(H,26,28)/t14-,20+/m0/s1. The summed E-state index contributed by atoms with van der Waals surface area (Å²) in [5.41, 5.74) is 1.38. The van der Waals surface area contributed by atoms with Gasteiger partial charge in [0, 0.05) is 18.6 Å². The van der Waals surface area contributed by atoms with Crippen LogP contribution in [0.4, 0.5) is 13.2 Å². The van der Waals surface area contributed by atoms with Crippen LogP contribution in [0.25, 0.3) is 11.1 Å². The molecule has 172 valence electrons. The molecular formula is C21H21F3N2O6. The van der Waals surface area contributed by atoms with Gasteiger partial charge in [0.1, 0.15) is 35.3 Å². The Morgan fingerprint density at radius 2 is 1.94 bits per heavy atom. The van der Waals surface area contributed by atoms with Crippen LogP contribution in [-0.4, -0.2) is 55.6 Å². The zero-order valence-electron chi connectivity index (χ0n) is 16.9. The third-order valence-corrected chi connectivity index (χ3v) is 5.34. The third kappa shape index (κ3) is 4.64. The summed E-state index contributed by atoms with van der Waals surface area (Å²) in [6.07, 6.45) is -4.40. The van der Waals surface area contributed by atoms with Gasteiger partial charge in [-0.25, -0.2) is 0 Å². The predicted molar refractivity (Wildman–Crippen MR) is 105 cm³/mol. The fourth-order valence-electron chi connectivity index (χ4n) is 3.76. The highest BCUT2D eigenvalue weighted by molar-refractivity contribution is 5.94. The number of amides is 1. The second-order valence-corrected chi connectivity index (χ2v) is 7.74. The summed E-state index contributed by atoms with van der Waals surface area (Å²) in [5.74, 6) is -0.714. The second kappa shape index (κ2) is 8.57.